The predicted octanol–water partition coefficient (Wildman–Crippen LogP) is 3.38. The minimum Gasteiger partial charge on any atom is -0.423 e. The monoisotopic (exact) mass is 366 g/mol. The molecule has 0 bridgehead atoms. The van der Waals surface area contributed by atoms with Crippen molar-refractivity contribution < 1.29 is 23.5 Å². The average molecular weight is 366 g/mol. The van der Waals surface area contributed by atoms with Crippen molar-refractivity contribution in [3.05, 3.63) is 29.6 Å². The van der Waals surface area contributed by atoms with E-state index in [0.717, 1.165) is 38.9 Å². The summed E-state index contributed by atoms with van der Waals surface area (Å²) in [5, 5.41) is 2.52. The normalized spacial score (nSPS) is 16.7. The maximum absolute atomic E-state index is 14.3. The second-order valence-electron chi connectivity index (χ2n) is 6.38. The van der Waals surface area contributed by atoms with E-state index >= 15 is 0 Å². The number of hydrogen-bond donors (Lipinski definition) is 1. The topological polar surface area (TPSA) is 67.9 Å². The third-order valence-electron chi connectivity index (χ3n) is 4.11. The molecule has 144 valence electrons. The summed E-state index contributed by atoms with van der Waals surface area (Å²) in [7, 11) is 0. The van der Waals surface area contributed by atoms with Crippen LogP contribution in [0.1, 0.15) is 45.1 Å². The molecule has 1 saturated heterocycles. The van der Waals surface area contributed by atoms with Crippen molar-refractivity contribution in [2.24, 2.45) is 0 Å². The maximum Gasteiger partial charge on any atom is 0.416 e. The molecule has 1 aromatic carbocycles. The van der Waals surface area contributed by atoms with Crippen molar-refractivity contribution in [2.75, 3.05) is 24.7 Å². The first kappa shape index (κ1) is 20.2. The molecule has 0 radical (unpaired) electrons. The summed E-state index contributed by atoms with van der Waals surface area (Å²) >= 11 is 0. The van der Waals surface area contributed by atoms with Crippen LogP contribution in [0.25, 0.3) is 0 Å². The molecule has 1 heterocycles. The fourth-order valence-corrected chi connectivity index (χ4v) is 2.83. The minimum absolute atomic E-state index is 0.162. The fraction of sp³-hybridized carbons (Fsp3) is 0.579. The van der Waals surface area contributed by atoms with Crippen molar-refractivity contribution in [3.8, 4) is 0 Å². The predicted molar refractivity (Wildman–Crippen MR) is 96.5 cm³/mol. The van der Waals surface area contributed by atoms with Crippen molar-refractivity contribution in [1.82, 2.24) is 5.32 Å². The Hall–Kier alpha value is -2.15. The van der Waals surface area contributed by atoms with Crippen molar-refractivity contribution >= 4 is 17.7 Å². The Bertz CT molecular complexity index is 624. The van der Waals surface area contributed by atoms with E-state index in [-0.39, 0.29) is 18.3 Å². The molecule has 2 rings (SSSR count). The van der Waals surface area contributed by atoms with Gasteiger partial charge in [-0.3, -0.25) is 9.69 Å². The number of nitrogens with one attached hydrogen (secondary N) is 1. The van der Waals surface area contributed by atoms with E-state index in [9.17, 15) is 14.0 Å². The number of nitrogens with zero attached hydrogens (tertiary/aromatic N) is 1. The molecule has 0 aromatic heterocycles. The summed E-state index contributed by atoms with van der Waals surface area (Å²) in [6, 6.07) is 4.76. The fourth-order valence-electron chi connectivity index (χ4n) is 2.83. The molecule has 6 nitrogen and oxygen atoms in total. The van der Waals surface area contributed by atoms with Crippen LogP contribution in [-0.4, -0.2) is 38.0 Å². The third-order valence-corrected chi connectivity index (χ3v) is 4.11. The van der Waals surface area contributed by atoms with Gasteiger partial charge >= 0.3 is 6.09 Å². The van der Waals surface area contributed by atoms with Gasteiger partial charge in [-0.15, -0.1) is 0 Å². The van der Waals surface area contributed by atoms with E-state index < -0.39 is 12.3 Å². The van der Waals surface area contributed by atoms with Gasteiger partial charge in [-0.25, -0.2) is 9.18 Å². The highest BCUT2D eigenvalue weighted by molar-refractivity contribution is 5.90. The number of aryl methyl sites for hydroxylation is 1. The number of halogens is 1. The van der Waals surface area contributed by atoms with Gasteiger partial charge in [0, 0.05) is 20.1 Å². The molecule has 1 aliphatic rings. The average Bonchev–Trinajstić information content (AvgIpc) is 2.94. The van der Waals surface area contributed by atoms with Crippen LogP contribution in [0.3, 0.4) is 0 Å². The summed E-state index contributed by atoms with van der Waals surface area (Å²) in [4.78, 5) is 24.3. The molecule has 2 amide bonds. The van der Waals surface area contributed by atoms with Gasteiger partial charge < -0.3 is 14.8 Å². The Labute approximate surface area is 153 Å². The Kier molecular flexibility index (Phi) is 7.84. The molecule has 1 aliphatic heterocycles. The molecule has 0 spiro atoms. The number of anilines is 1. The van der Waals surface area contributed by atoms with E-state index in [1.54, 1.807) is 12.1 Å². The molecule has 0 unspecified atom stereocenters. The Morgan fingerprint density at radius 2 is 2.15 bits per heavy atom. The highest BCUT2D eigenvalue weighted by atomic mass is 19.1. The van der Waals surface area contributed by atoms with Crippen molar-refractivity contribution in [1.29, 1.82) is 0 Å². The lowest BCUT2D eigenvalue weighted by Crippen LogP contribution is -2.36. The summed E-state index contributed by atoms with van der Waals surface area (Å²) in [5.74, 6) is -0.619. The van der Waals surface area contributed by atoms with Gasteiger partial charge in [0.1, 0.15) is 5.82 Å². The molecular weight excluding hydrogens is 339 g/mol. The zero-order valence-electron chi connectivity index (χ0n) is 15.4. The van der Waals surface area contributed by atoms with Crippen LogP contribution < -0.4 is 10.2 Å². The summed E-state index contributed by atoms with van der Waals surface area (Å²) in [6.45, 7) is 5.13. The van der Waals surface area contributed by atoms with Crippen LogP contribution in [0, 0.1) is 5.82 Å². The van der Waals surface area contributed by atoms with Crippen LogP contribution in [0.5, 0.6) is 0 Å². The van der Waals surface area contributed by atoms with Crippen LogP contribution >= 0.6 is 0 Å². The smallest absolute Gasteiger partial charge is 0.416 e. The Morgan fingerprint density at radius 3 is 2.85 bits per heavy atom. The van der Waals surface area contributed by atoms with Gasteiger partial charge in [0.25, 0.3) is 0 Å². The summed E-state index contributed by atoms with van der Waals surface area (Å²) in [6.07, 6.45) is 3.22. The van der Waals surface area contributed by atoms with Crippen LogP contribution in [-0.2, 0) is 20.7 Å². The molecule has 7 heteroatoms. The molecular formula is C19H27FN2O4. The van der Waals surface area contributed by atoms with E-state index in [2.05, 4.69) is 12.2 Å². The molecule has 1 atom stereocenters. The van der Waals surface area contributed by atoms with Crippen molar-refractivity contribution in [3.63, 3.8) is 0 Å². The van der Waals surface area contributed by atoms with Crippen LogP contribution in [0.15, 0.2) is 18.2 Å². The Morgan fingerprint density at radius 1 is 1.35 bits per heavy atom. The molecule has 1 N–H and O–H groups in total. The number of unbranched alkanes of at least 4 members (excludes halogenated alkanes) is 2. The number of cyclic esters (lactones) is 1. The summed E-state index contributed by atoms with van der Waals surface area (Å²) < 4.78 is 24.8. The quantitative estimate of drug-likeness (QED) is 0.645. The van der Waals surface area contributed by atoms with E-state index in [1.807, 2.05) is 0 Å². The van der Waals surface area contributed by atoms with E-state index in [4.69, 9.17) is 9.47 Å². The van der Waals surface area contributed by atoms with Crippen molar-refractivity contribution in [2.45, 2.75) is 52.2 Å². The molecule has 1 fully saturated rings. The molecule has 0 aliphatic carbocycles. The minimum atomic E-state index is -0.710. The van der Waals surface area contributed by atoms with Crippen LogP contribution in [0.2, 0.25) is 0 Å². The first-order valence-electron chi connectivity index (χ1n) is 9.12. The van der Waals surface area contributed by atoms with Crippen LogP contribution in [0.4, 0.5) is 14.9 Å². The zero-order chi connectivity index (χ0) is 18.9. The second-order valence-corrected chi connectivity index (χ2v) is 6.38. The summed E-state index contributed by atoms with van der Waals surface area (Å²) in [5.41, 5.74) is 1.06. The van der Waals surface area contributed by atoms with E-state index in [0.29, 0.717) is 17.7 Å². The number of carbonyl (C=O) groups is 2. The number of benzene rings is 1. The highest BCUT2D eigenvalue weighted by Crippen LogP contribution is 2.24. The van der Waals surface area contributed by atoms with Gasteiger partial charge in [-0.05, 0) is 43.4 Å². The lowest BCUT2D eigenvalue weighted by Gasteiger charge is -2.14. The standard InChI is InChI=1S/C19H27FN2O4/c1-3-10-25-11-6-4-5-7-15-8-9-16(12-17(15)20)22-13-18(21-14(2)23)26-19(22)24/h8-9,12,18H,3-7,10-11,13H2,1-2H3,(H,21,23)/t18-/m1/s1. The maximum atomic E-state index is 14.3. The number of ether oxygens (including phenoxy) is 2. The molecule has 0 saturated carbocycles. The lowest BCUT2D eigenvalue weighted by molar-refractivity contribution is -0.121. The third kappa shape index (κ3) is 5.98. The molecule has 1 aromatic rings. The van der Waals surface area contributed by atoms with E-state index in [1.165, 1.54) is 17.9 Å². The molecule has 26 heavy (non-hydrogen) atoms. The number of amides is 2. The highest BCUT2D eigenvalue weighted by Gasteiger charge is 2.33. The van der Waals surface area contributed by atoms with Gasteiger partial charge in [-0.1, -0.05) is 19.4 Å². The largest absolute Gasteiger partial charge is 0.423 e. The second kappa shape index (κ2) is 10.1. The lowest BCUT2D eigenvalue weighted by atomic mass is 10.1. The first-order chi connectivity index (χ1) is 12.5. The zero-order valence-corrected chi connectivity index (χ0v) is 15.4. The van der Waals surface area contributed by atoms with Gasteiger partial charge in [-0.2, -0.15) is 0 Å². The SMILES string of the molecule is CCCOCCCCCc1ccc(N2C[C@H](NC(C)=O)OC2=O)cc1F. The van der Waals surface area contributed by atoms with Gasteiger partial charge in [0.2, 0.25) is 5.91 Å². The number of hydrogen-bond acceptors (Lipinski definition) is 4. The Balaban J connectivity index is 1.83. The first-order valence-corrected chi connectivity index (χ1v) is 9.12. The number of rotatable bonds is 10. The number of carbonyl (C=O) groups excluding carboxylic acids is 2. The van der Waals surface area contributed by atoms with Gasteiger partial charge in [0.15, 0.2) is 6.23 Å². The van der Waals surface area contributed by atoms with Gasteiger partial charge in [0.05, 0.1) is 12.2 Å².